The molecule has 0 bridgehead atoms. The molecule has 1 N–H and O–H groups in total. The number of ether oxygens (including phenoxy) is 1. The minimum absolute atomic E-state index is 0.626. The van der Waals surface area contributed by atoms with Gasteiger partial charge >= 0.3 is 0 Å². The molecule has 0 spiro atoms. The van der Waals surface area contributed by atoms with Crippen molar-refractivity contribution < 1.29 is 9.15 Å². The van der Waals surface area contributed by atoms with E-state index in [9.17, 15) is 0 Å². The van der Waals surface area contributed by atoms with Gasteiger partial charge in [0.25, 0.3) is 0 Å². The number of rotatable bonds is 5. The van der Waals surface area contributed by atoms with Gasteiger partial charge in [0.05, 0.1) is 6.61 Å². The van der Waals surface area contributed by atoms with Crippen LogP contribution in [0.1, 0.15) is 12.0 Å². The predicted molar refractivity (Wildman–Crippen MR) is 89.0 cm³/mol. The summed E-state index contributed by atoms with van der Waals surface area (Å²) in [4.78, 5) is 0. The van der Waals surface area contributed by atoms with Gasteiger partial charge in [-0.05, 0) is 24.5 Å². The van der Waals surface area contributed by atoms with Gasteiger partial charge in [-0.1, -0.05) is 18.2 Å². The first-order valence-corrected chi connectivity index (χ1v) is 8.09. The molecule has 1 aliphatic heterocycles. The van der Waals surface area contributed by atoms with Crippen LogP contribution in [0.25, 0.3) is 22.4 Å². The Balaban J connectivity index is 1.53. The molecule has 0 aliphatic carbocycles. The highest BCUT2D eigenvalue weighted by molar-refractivity contribution is 5.82. The Kier molecular flexibility index (Phi) is 3.89. The maximum absolute atomic E-state index is 5.96. The number of para-hydroxylation sites is 1. The van der Waals surface area contributed by atoms with Crippen molar-refractivity contribution >= 4 is 11.0 Å². The average molecular weight is 311 g/mol. The minimum Gasteiger partial charge on any atom is -0.454 e. The van der Waals surface area contributed by atoms with Crippen molar-refractivity contribution in [2.24, 2.45) is 13.0 Å². The maximum atomic E-state index is 5.96. The molecule has 2 aromatic heterocycles. The summed E-state index contributed by atoms with van der Waals surface area (Å²) in [6.45, 7) is 3.53. The number of nitrogens with one attached hydrogen (secondary N) is 1. The standard InChI is InChI=1S/C18H21N3O2/c1-21-11-15(10-19-9-13-6-7-22-12-13)18(20-21)17-8-14-4-2-3-5-16(14)23-17/h2-5,8,11,13,19H,6-7,9-10,12H2,1H3/t13-/m1/s1. The number of fused-ring (bicyclic) bond motifs is 1. The second kappa shape index (κ2) is 6.18. The van der Waals surface area contributed by atoms with Crippen LogP contribution in [0.15, 0.2) is 40.9 Å². The summed E-state index contributed by atoms with van der Waals surface area (Å²) in [7, 11) is 1.94. The molecule has 23 heavy (non-hydrogen) atoms. The summed E-state index contributed by atoms with van der Waals surface area (Å²) in [5, 5.41) is 9.22. The van der Waals surface area contributed by atoms with Crippen LogP contribution >= 0.6 is 0 Å². The van der Waals surface area contributed by atoms with Crippen molar-refractivity contribution in [3.63, 3.8) is 0 Å². The van der Waals surface area contributed by atoms with E-state index >= 15 is 0 Å². The lowest BCUT2D eigenvalue weighted by Gasteiger charge is -2.08. The van der Waals surface area contributed by atoms with E-state index in [1.165, 1.54) is 0 Å². The number of hydrogen-bond acceptors (Lipinski definition) is 4. The van der Waals surface area contributed by atoms with Crippen LogP contribution in [0.4, 0.5) is 0 Å². The van der Waals surface area contributed by atoms with E-state index in [1.807, 2.05) is 29.9 Å². The first kappa shape index (κ1) is 14.5. The highest BCUT2D eigenvalue weighted by atomic mass is 16.5. The molecule has 4 rings (SSSR count). The lowest BCUT2D eigenvalue weighted by Crippen LogP contribution is -2.22. The molecule has 1 fully saturated rings. The molecule has 120 valence electrons. The molecular formula is C18H21N3O2. The first-order chi connectivity index (χ1) is 11.3. The van der Waals surface area contributed by atoms with Crippen molar-refractivity contribution in [3.8, 4) is 11.5 Å². The first-order valence-electron chi connectivity index (χ1n) is 8.09. The van der Waals surface area contributed by atoms with Gasteiger partial charge in [0.2, 0.25) is 0 Å². The normalized spacial score (nSPS) is 18.0. The Hall–Kier alpha value is -2.11. The van der Waals surface area contributed by atoms with Crippen LogP contribution in [0.2, 0.25) is 0 Å². The largest absolute Gasteiger partial charge is 0.454 e. The van der Waals surface area contributed by atoms with Gasteiger partial charge in [0.15, 0.2) is 5.76 Å². The SMILES string of the molecule is Cn1cc(CNC[C@H]2CCOC2)c(-c2cc3ccccc3o2)n1. The van der Waals surface area contributed by atoms with Crippen molar-refractivity contribution in [2.45, 2.75) is 13.0 Å². The van der Waals surface area contributed by atoms with E-state index in [4.69, 9.17) is 9.15 Å². The molecule has 0 saturated carbocycles. The van der Waals surface area contributed by atoms with Crippen LogP contribution in [0, 0.1) is 5.92 Å². The summed E-state index contributed by atoms with van der Waals surface area (Å²) >= 11 is 0. The van der Waals surface area contributed by atoms with E-state index in [1.54, 1.807) is 0 Å². The molecule has 3 aromatic rings. The Morgan fingerprint density at radius 3 is 3.09 bits per heavy atom. The van der Waals surface area contributed by atoms with Gasteiger partial charge in [0.1, 0.15) is 11.3 Å². The van der Waals surface area contributed by atoms with E-state index < -0.39 is 0 Å². The van der Waals surface area contributed by atoms with Crippen LogP contribution < -0.4 is 5.32 Å². The van der Waals surface area contributed by atoms with E-state index in [-0.39, 0.29) is 0 Å². The van der Waals surface area contributed by atoms with Crippen molar-refractivity contribution in [1.82, 2.24) is 15.1 Å². The fourth-order valence-electron chi connectivity index (χ4n) is 3.13. The average Bonchev–Trinajstić information content (AvgIpc) is 3.26. The number of furan rings is 1. The molecule has 1 aliphatic rings. The lowest BCUT2D eigenvalue weighted by molar-refractivity contribution is 0.185. The summed E-state index contributed by atoms with van der Waals surface area (Å²) in [5.74, 6) is 1.45. The third-order valence-corrected chi connectivity index (χ3v) is 4.34. The van der Waals surface area contributed by atoms with Gasteiger partial charge in [-0.2, -0.15) is 5.10 Å². The van der Waals surface area contributed by atoms with Crippen LogP contribution in [0.3, 0.4) is 0 Å². The molecule has 0 unspecified atom stereocenters. The second-order valence-corrected chi connectivity index (χ2v) is 6.19. The molecule has 1 aromatic carbocycles. The highest BCUT2D eigenvalue weighted by Crippen LogP contribution is 2.29. The molecule has 1 saturated heterocycles. The maximum Gasteiger partial charge on any atom is 0.156 e. The summed E-state index contributed by atoms with van der Waals surface area (Å²) in [6, 6.07) is 10.1. The van der Waals surface area contributed by atoms with E-state index in [0.717, 1.165) is 60.7 Å². The van der Waals surface area contributed by atoms with Gasteiger partial charge in [-0.3, -0.25) is 4.68 Å². The smallest absolute Gasteiger partial charge is 0.156 e. The van der Waals surface area contributed by atoms with Crippen LogP contribution in [-0.4, -0.2) is 29.5 Å². The molecule has 0 radical (unpaired) electrons. The molecular weight excluding hydrogens is 290 g/mol. The Morgan fingerprint density at radius 1 is 1.35 bits per heavy atom. The fraction of sp³-hybridized carbons (Fsp3) is 0.389. The van der Waals surface area contributed by atoms with Crippen molar-refractivity contribution in [1.29, 1.82) is 0 Å². The number of aromatic nitrogens is 2. The fourth-order valence-corrected chi connectivity index (χ4v) is 3.13. The van der Waals surface area contributed by atoms with E-state index in [0.29, 0.717) is 5.92 Å². The third-order valence-electron chi connectivity index (χ3n) is 4.34. The monoisotopic (exact) mass is 311 g/mol. The van der Waals surface area contributed by atoms with Gasteiger partial charge in [-0.25, -0.2) is 0 Å². The zero-order chi connectivity index (χ0) is 15.6. The molecule has 3 heterocycles. The minimum atomic E-state index is 0.626. The number of aryl methyl sites for hydroxylation is 1. The zero-order valence-corrected chi connectivity index (χ0v) is 13.3. The highest BCUT2D eigenvalue weighted by Gasteiger charge is 2.17. The summed E-state index contributed by atoms with van der Waals surface area (Å²) in [5.41, 5.74) is 2.97. The number of benzene rings is 1. The molecule has 0 amide bonds. The van der Waals surface area contributed by atoms with Crippen molar-refractivity contribution in [3.05, 3.63) is 42.1 Å². The molecule has 5 nitrogen and oxygen atoms in total. The Labute approximate surface area is 135 Å². The van der Waals surface area contributed by atoms with Crippen LogP contribution in [0.5, 0.6) is 0 Å². The quantitative estimate of drug-likeness (QED) is 0.787. The Morgan fingerprint density at radius 2 is 2.26 bits per heavy atom. The van der Waals surface area contributed by atoms with Gasteiger partial charge in [0, 0.05) is 43.9 Å². The van der Waals surface area contributed by atoms with Crippen LogP contribution in [-0.2, 0) is 18.3 Å². The predicted octanol–water partition coefficient (Wildman–Crippen LogP) is 2.96. The van der Waals surface area contributed by atoms with Gasteiger partial charge < -0.3 is 14.5 Å². The van der Waals surface area contributed by atoms with Crippen molar-refractivity contribution in [2.75, 3.05) is 19.8 Å². The topological polar surface area (TPSA) is 52.2 Å². The summed E-state index contributed by atoms with van der Waals surface area (Å²) in [6.07, 6.45) is 3.21. The molecule has 5 heteroatoms. The zero-order valence-electron chi connectivity index (χ0n) is 13.3. The number of hydrogen-bond donors (Lipinski definition) is 1. The third kappa shape index (κ3) is 3.02. The Bertz CT molecular complexity index is 767. The lowest BCUT2D eigenvalue weighted by atomic mass is 10.1. The van der Waals surface area contributed by atoms with E-state index in [2.05, 4.69) is 28.7 Å². The second-order valence-electron chi connectivity index (χ2n) is 6.19. The molecule has 1 atom stereocenters. The summed E-state index contributed by atoms with van der Waals surface area (Å²) < 4.78 is 13.2. The van der Waals surface area contributed by atoms with Gasteiger partial charge in [-0.15, -0.1) is 0 Å². The number of nitrogens with zero attached hydrogens (tertiary/aromatic N) is 2.